The quantitative estimate of drug-likeness (QED) is 0.273. The van der Waals surface area contributed by atoms with Gasteiger partial charge in [0.1, 0.15) is 23.3 Å². The lowest BCUT2D eigenvalue weighted by atomic mass is 10.00. The molecule has 42 heavy (non-hydrogen) atoms. The molecular formula is C31H35N5O5S. The molecule has 220 valence electrons. The van der Waals surface area contributed by atoms with E-state index in [9.17, 15) is 9.00 Å². The first-order chi connectivity index (χ1) is 20.4. The Kier molecular flexibility index (Phi) is 8.23. The van der Waals surface area contributed by atoms with Gasteiger partial charge in [-0.2, -0.15) is 0 Å². The van der Waals surface area contributed by atoms with Crippen LogP contribution in [0.3, 0.4) is 0 Å². The first-order valence-corrected chi connectivity index (χ1v) is 16.3. The summed E-state index contributed by atoms with van der Waals surface area (Å²) < 4.78 is 35.8. The number of carbonyl (C=O) groups is 1. The number of benzene rings is 1. The number of hydrogen-bond donors (Lipinski definition) is 0. The molecule has 2 unspecified atom stereocenters. The molecular weight excluding hydrogens is 554 g/mol. The molecule has 0 aliphatic carbocycles. The van der Waals surface area contributed by atoms with Crippen molar-refractivity contribution in [1.29, 1.82) is 0 Å². The maximum absolute atomic E-state index is 13.2. The van der Waals surface area contributed by atoms with Gasteiger partial charge in [0, 0.05) is 48.6 Å². The first kappa shape index (κ1) is 28.3. The predicted octanol–water partition coefficient (Wildman–Crippen LogP) is 5.91. The van der Waals surface area contributed by atoms with E-state index in [0.717, 1.165) is 78.2 Å². The monoisotopic (exact) mass is 589 g/mol. The normalized spacial score (nSPS) is 18.9. The van der Waals surface area contributed by atoms with Gasteiger partial charge in [0.2, 0.25) is 0 Å². The van der Waals surface area contributed by atoms with Gasteiger partial charge in [-0.25, -0.2) is 14.0 Å². The van der Waals surface area contributed by atoms with Crippen LogP contribution >= 0.6 is 0 Å². The number of anilines is 1. The van der Waals surface area contributed by atoms with E-state index in [0.29, 0.717) is 18.1 Å². The molecule has 2 aliphatic heterocycles. The number of amides is 1. The smallest absolute Gasteiger partial charge is 0.442 e. The highest BCUT2D eigenvalue weighted by Gasteiger charge is 2.23. The van der Waals surface area contributed by atoms with Gasteiger partial charge in [-0.1, -0.05) is 12.1 Å². The largest absolute Gasteiger partial charge is 0.448 e. The van der Waals surface area contributed by atoms with E-state index in [1.165, 1.54) is 6.26 Å². The number of rotatable bonds is 6. The van der Waals surface area contributed by atoms with Crippen LogP contribution in [0.4, 0.5) is 10.6 Å². The Labute approximate surface area is 245 Å². The molecule has 2 saturated heterocycles. The maximum atomic E-state index is 13.2. The highest BCUT2D eigenvalue weighted by Crippen LogP contribution is 2.37. The summed E-state index contributed by atoms with van der Waals surface area (Å²) >= 11 is 0. The minimum Gasteiger partial charge on any atom is -0.448 e. The Morgan fingerprint density at radius 1 is 1.12 bits per heavy atom. The van der Waals surface area contributed by atoms with E-state index in [1.54, 1.807) is 19.1 Å². The molecule has 1 aromatic carbocycles. The second kappa shape index (κ2) is 12.2. The highest BCUT2D eigenvalue weighted by molar-refractivity contribution is 7.93. The average molecular weight is 590 g/mol. The number of carbonyl (C=O) groups excluding carboxylic acids is 1. The van der Waals surface area contributed by atoms with Crippen molar-refractivity contribution < 1.29 is 23.2 Å². The fourth-order valence-electron chi connectivity index (χ4n) is 5.54. The van der Waals surface area contributed by atoms with Gasteiger partial charge < -0.3 is 23.7 Å². The molecule has 10 nitrogen and oxygen atoms in total. The van der Waals surface area contributed by atoms with Crippen LogP contribution in [0.1, 0.15) is 32.4 Å². The summed E-state index contributed by atoms with van der Waals surface area (Å²) in [5.74, 6) is 0.850. The molecule has 0 radical (unpaired) electrons. The van der Waals surface area contributed by atoms with E-state index in [-0.39, 0.29) is 12.8 Å². The predicted molar refractivity (Wildman–Crippen MR) is 162 cm³/mol. The zero-order valence-electron chi connectivity index (χ0n) is 23.9. The molecule has 0 saturated carbocycles. The maximum Gasteiger partial charge on any atom is 0.442 e. The Bertz CT molecular complexity index is 1700. The van der Waals surface area contributed by atoms with E-state index in [2.05, 4.69) is 32.2 Å². The Hall–Kier alpha value is -3.80. The van der Waals surface area contributed by atoms with Crippen molar-refractivity contribution in [3.8, 4) is 22.5 Å². The third-order valence-corrected chi connectivity index (χ3v) is 9.30. The Balaban J connectivity index is 1.47. The van der Waals surface area contributed by atoms with Crippen molar-refractivity contribution >= 4 is 32.5 Å². The topological polar surface area (TPSA) is 108 Å². The van der Waals surface area contributed by atoms with Crippen molar-refractivity contribution in [2.45, 2.75) is 37.3 Å². The number of pyridine rings is 2. The number of morpholine rings is 1. The Morgan fingerprint density at radius 3 is 2.67 bits per heavy atom. The van der Waals surface area contributed by atoms with Crippen LogP contribution in [-0.4, -0.2) is 70.6 Å². The van der Waals surface area contributed by atoms with Crippen LogP contribution < -0.4 is 4.90 Å². The highest BCUT2D eigenvalue weighted by atomic mass is 32.2. The van der Waals surface area contributed by atoms with Gasteiger partial charge in [-0.05, 0) is 73.7 Å². The number of nitrogens with zero attached hydrogens (tertiary/aromatic N) is 5. The number of aromatic nitrogens is 3. The van der Waals surface area contributed by atoms with Crippen molar-refractivity contribution in [2.75, 3.05) is 50.7 Å². The van der Waals surface area contributed by atoms with Crippen molar-refractivity contribution in [2.24, 2.45) is 4.36 Å². The third kappa shape index (κ3) is 5.77. The summed E-state index contributed by atoms with van der Waals surface area (Å²) in [6, 6.07) is 15.5. The summed E-state index contributed by atoms with van der Waals surface area (Å²) in [4.78, 5) is 24.6. The third-order valence-electron chi connectivity index (χ3n) is 7.66. The zero-order chi connectivity index (χ0) is 29.1. The fourth-order valence-corrected chi connectivity index (χ4v) is 6.62. The van der Waals surface area contributed by atoms with Gasteiger partial charge >= 0.3 is 6.09 Å². The molecule has 2 atom stereocenters. The SMILES string of the molecule is CCOC(=O)N=S(C)(=O)c1ccc(-c2cc(N3CCOCC3)nc3c(-c4cccn4C4CCCCO4)nccc23)cc1. The van der Waals surface area contributed by atoms with E-state index in [1.807, 2.05) is 30.5 Å². The van der Waals surface area contributed by atoms with E-state index < -0.39 is 15.8 Å². The van der Waals surface area contributed by atoms with Gasteiger partial charge in [-0.3, -0.25) is 4.98 Å². The summed E-state index contributed by atoms with van der Waals surface area (Å²) in [7, 11) is -2.96. The molecule has 3 aromatic heterocycles. The van der Waals surface area contributed by atoms with Crippen LogP contribution in [0.25, 0.3) is 33.4 Å². The van der Waals surface area contributed by atoms with Gasteiger partial charge in [-0.15, -0.1) is 4.36 Å². The van der Waals surface area contributed by atoms with Crippen molar-refractivity contribution in [3.05, 3.63) is 60.9 Å². The first-order valence-electron chi connectivity index (χ1n) is 14.4. The molecule has 2 fully saturated rings. The molecule has 5 heterocycles. The van der Waals surface area contributed by atoms with Crippen LogP contribution in [0, 0.1) is 0 Å². The molecule has 11 heteroatoms. The zero-order valence-corrected chi connectivity index (χ0v) is 24.7. The lowest BCUT2D eigenvalue weighted by Gasteiger charge is -2.29. The molecule has 0 bridgehead atoms. The van der Waals surface area contributed by atoms with Gasteiger partial charge in [0.05, 0.1) is 35.2 Å². The van der Waals surface area contributed by atoms with Crippen LogP contribution in [0.5, 0.6) is 0 Å². The molecule has 0 spiro atoms. The number of hydrogen-bond acceptors (Lipinski definition) is 8. The van der Waals surface area contributed by atoms with Gasteiger partial charge in [0.15, 0.2) is 0 Å². The molecule has 2 aliphatic rings. The number of fused-ring (bicyclic) bond motifs is 1. The van der Waals surface area contributed by atoms with Crippen LogP contribution in [0.2, 0.25) is 0 Å². The van der Waals surface area contributed by atoms with Crippen molar-refractivity contribution in [1.82, 2.24) is 14.5 Å². The van der Waals surface area contributed by atoms with Crippen LogP contribution in [-0.2, 0) is 23.9 Å². The summed E-state index contributed by atoms with van der Waals surface area (Å²) in [5, 5.41) is 0.954. The minimum absolute atomic E-state index is 0.0285. The molecule has 0 N–H and O–H groups in total. The summed E-state index contributed by atoms with van der Waals surface area (Å²) in [6.45, 7) is 5.37. The number of ether oxygens (including phenoxy) is 3. The van der Waals surface area contributed by atoms with Gasteiger partial charge in [0.25, 0.3) is 0 Å². The molecule has 6 rings (SSSR count). The van der Waals surface area contributed by atoms with Crippen LogP contribution in [0.15, 0.2) is 70.2 Å². The summed E-state index contributed by atoms with van der Waals surface area (Å²) in [6.07, 6.45) is 7.63. The fraction of sp³-hybridized carbons (Fsp3) is 0.387. The van der Waals surface area contributed by atoms with Crippen molar-refractivity contribution in [3.63, 3.8) is 0 Å². The second-order valence-electron chi connectivity index (χ2n) is 10.4. The second-order valence-corrected chi connectivity index (χ2v) is 12.7. The van der Waals surface area contributed by atoms with E-state index >= 15 is 0 Å². The lowest BCUT2D eigenvalue weighted by Crippen LogP contribution is -2.36. The Morgan fingerprint density at radius 2 is 1.93 bits per heavy atom. The molecule has 1 amide bonds. The lowest BCUT2D eigenvalue weighted by molar-refractivity contribution is -0.0307. The summed E-state index contributed by atoms with van der Waals surface area (Å²) in [5.41, 5.74) is 4.47. The minimum atomic E-state index is -2.96. The van der Waals surface area contributed by atoms with E-state index in [4.69, 9.17) is 24.2 Å². The standard InChI is InChI=1S/C31H35N5O5S/c1-3-40-31(37)34-42(2,38)23-11-9-22(10-12-23)25-21-27(35-16-19-39-20-17-35)33-29-24(25)13-14-32-30(29)26-7-6-15-36(26)28-8-4-5-18-41-28/h6-7,9-15,21,28H,3-5,8,16-20H2,1-2H3. The molecule has 4 aromatic rings. The average Bonchev–Trinajstić information content (AvgIpc) is 3.51.